The van der Waals surface area contributed by atoms with Gasteiger partial charge in [-0.2, -0.15) is 0 Å². The molecule has 1 aromatic heterocycles. The van der Waals surface area contributed by atoms with Crippen LogP contribution in [-0.4, -0.2) is 24.7 Å². The van der Waals surface area contributed by atoms with Crippen LogP contribution in [0.1, 0.15) is 17.4 Å². The van der Waals surface area contributed by atoms with E-state index in [1.807, 2.05) is 0 Å². The maximum Gasteiger partial charge on any atom is 0.183 e. The molecule has 4 heteroatoms. The third-order valence-corrected chi connectivity index (χ3v) is 3.81. The van der Waals surface area contributed by atoms with Crippen LogP contribution in [0.5, 0.6) is 0 Å². The van der Waals surface area contributed by atoms with E-state index in [9.17, 15) is 0 Å². The summed E-state index contributed by atoms with van der Waals surface area (Å²) in [5.74, 6) is 0. The normalized spacial score (nSPS) is 12.4. The number of nitrogens with one attached hydrogen (secondary N) is 1. The number of aromatic nitrogens is 1. The van der Waals surface area contributed by atoms with Crippen molar-refractivity contribution >= 4 is 16.5 Å². The fraction of sp³-hybridized carbons (Fsp3) is 0.400. The first-order chi connectivity index (χ1) is 9.10. The average Bonchev–Trinajstić information content (AvgIpc) is 2.71. The number of aryl methyl sites for hydroxylation is 2. The van der Waals surface area contributed by atoms with Crippen LogP contribution >= 0.6 is 11.3 Å². The minimum atomic E-state index is 0.265. The molecule has 0 saturated heterocycles. The zero-order valence-corrected chi connectivity index (χ0v) is 12.7. The van der Waals surface area contributed by atoms with E-state index in [0.29, 0.717) is 6.61 Å². The van der Waals surface area contributed by atoms with Crippen LogP contribution in [0.3, 0.4) is 0 Å². The standard InChI is InChI=1S/C15H20N2OS/c1-10-5-7-13(8-6-10)14-12(3)19-15(17-14)16-11(2)9-18-4/h5-8,11H,9H2,1-4H3,(H,16,17)/t11-/m0/s1. The highest BCUT2D eigenvalue weighted by atomic mass is 32.1. The molecule has 3 nitrogen and oxygen atoms in total. The molecule has 0 aliphatic rings. The smallest absolute Gasteiger partial charge is 0.183 e. The third kappa shape index (κ3) is 3.55. The summed E-state index contributed by atoms with van der Waals surface area (Å²) in [5.41, 5.74) is 3.51. The quantitative estimate of drug-likeness (QED) is 0.900. The minimum absolute atomic E-state index is 0.265. The van der Waals surface area contributed by atoms with Gasteiger partial charge in [-0.3, -0.25) is 0 Å². The molecule has 1 aromatic carbocycles. The van der Waals surface area contributed by atoms with Crippen molar-refractivity contribution < 1.29 is 4.74 Å². The van der Waals surface area contributed by atoms with Gasteiger partial charge in [-0.15, -0.1) is 11.3 Å². The predicted octanol–water partition coefficient (Wildman–Crippen LogP) is 3.87. The Morgan fingerprint density at radius 1 is 1.26 bits per heavy atom. The molecule has 2 aromatic rings. The number of rotatable bonds is 5. The Morgan fingerprint density at radius 3 is 2.58 bits per heavy atom. The highest BCUT2D eigenvalue weighted by Gasteiger charge is 2.11. The van der Waals surface area contributed by atoms with Gasteiger partial charge in [0.25, 0.3) is 0 Å². The molecule has 0 saturated carbocycles. The molecule has 1 heterocycles. The molecule has 0 amide bonds. The highest BCUT2D eigenvalue weighted by Crippen LogP contribution is 2.30. The van der Waals surface area contributed by atoms with Gasteiger partial charge >= 0.3 is 0 Å². The SMILES string of the molecule is COC[C@H](C)Nc1nc(-c2ccc(C)cc2)c(C)s1. The highest BCUT2D eigenvalue weighted by molar-refractivity contribution is 7.16. The van der Waals surface area contributed by atoms with Gasteiger partial charge < -0.3 is 10.1 Å². The van der Waals surface area contributed by atoms with Crippen molar-refractivity contribution in [3.8, 4) is 11.3 Å². The van der Waals surface area contributed by atoms with Gasteiger partial charge in [0.2, 0.25) is 0 Å². The Hall–Kier alpha value is -1.39. The summed E-state index contributed by atoms with van der Waals surface area (Å²) in [6.45, 7) is 6.97. The van der Waals surface area contributed by atoms with Crippen LogP contribution < -0.4 is 5.32 Å². The van der Waals surface area contributed by atoms with Crippen LogP contribution in [0.25, 0.3) is 11.3 Å². The number of anilines is 1. The van der Waals surface area contributed by atoms with Crippen LogP contribution in [0.2, 0.25) is 0 Å². The van der Waals surface area contributed by atoms with Crippen molar-refractivity contribution in [1.29, 1.82) is 0 Å². The molecule has 2 rings (SSSR count). The number of methoxy groups -OCH3 is 1. The number of benzene rings is 1. The Labute approximate surface area is 118 Å². The Morgan fingerprint density at radius 2 is 1.95 bits per heavy atom. The third-order valence-electron chi connectivity index (χ3n) is 2.91. The Bertz CT molecular complexity index is 534. The molecule has 0 spiro atoms. The first-order valence-electron chi connectivity index (χ1n) is 6.40. The lowest BCUT2D eigenvalue weighted by molar-refractivity contribution is 0.190. The van der Waals surface area contributed by atoms with Crippen molar-refractivity contribution in [3.63, 3.8) is 0 Å². The summed E-state index contributed by atoms with van der Waals surface area (Å²) < 4.78 is 5.13. The van der Waals surface area contributed by atoms with Crippen molar-refractivity contribution in [2.24, 2.45) is 0 Å². The van der Waals surface area contributed by atoms with Crippen molar-refractivity contribution in [2.45, 2.75) is 26.8 Å². The summed E-state index contributed by atoms with van der Waals surface area (Å²) in [5, 5.41) is 4.32. The van der Waals surface area contributed by atoms with Gasteiger partial charge in [-0.1, -0.05) is 29.8 Å². The zero-order valence-electron chi connectivity index (χ0n) is 11.9. The first-order valence-corrected chi connectivity index (χ1v) is 7.21. The van der Waals surface area contributed by atoms with E-state index in [1.54, 1.807) is 18.4 Å². The summed E-state index contributed by atoms with van der Waals surface area (Å²) in [4.78, 5) is 5.92. The van der Waals surface area contributed by atoms with E-state index in [4.69, 9.17) is 4.74 Å². The van der Waals surface area contributed by atoms with Gasteiger partial charge in [0.15, 0.2) is 5.13 Å². The Balaban J connectivity index is 2.19. The van der Waals surface area contributed by atoms with E-state index in [1.165, 1.54) is 16.0 Å². The molecule has 0 aliphatic carbocycles. The summed E-state index contributed by atoms with van der Waals surface area (Å²) in [7, 11) is 1.71. The molecule has 102 valence electrons. The topological polar surface area (TPSA) is 34.1 Å². The Kier molecular flexibility index (Phi) is 4.56. The summed E-state index contributed by atoms with van der Waals surface area (Å²) in [6, 6.07) is 8.75. The molecular weight excluding hydrogens is 256 g/mol. The molecule has 0 bridgehead atoms. The van der Waals surface area contributed by atoms with Crippen molar-refractivity contribution in [1.82, 2.24) is 4.98 Å². The van der Waals surface area contributed by atoms with E-state index < -0.39 is 0 Å². The van der Waals surface area contributed by atoms with Crippen LogP contribution in [-0.2, 0) is 4.74 Å². The van der Waals surface area contributed by atoms with Crippen LogP contribution in [0.4, 0.5) is 5.13 Å². The van der Waals surface area contributed by atoms with Gasteiger partial charge in [0.05, 0.1) is 12.3 Å². The van der Waals surface area contributed by atoms with Crippen LogP contribution in [0.15, 0.2) is 24.3 Å². The molecular formula is C15H20N2OS. The van der Waals surface area contributed by atoms with Crippen LogP contribution in [0, 0.1) is 13.8 Å². The molecule has 19 heavy (non-hydrogen) atoms. The van der Waals surface area contributed by atoms with E-state index >= 15 is 0 Å². The fourth-order valence-electron chi connectivity index (χ4n) is 1.94. The summed E-state index contributed by atoms with van der Waals surface area (Å²) in [6.07, 6.45) is 0. The number of hydrogen-bond acceptors (Lipinski definition) is 4. The van der Waals surface area contributed by atoms with E-state index in [-0.39, 0.29) is 6.04 Å². The second-order valence-corrected chi connectivity index (χ2v) is 5.99. The lowest BCUT2D eigenvalue weighted by Gasteiger charge is -2.10. The number of nitrogens with zero attached hydrogens (tertiary/aromatic N) is 1. The van der Waals surface area contributed by atoms with Gasteiger partial charge in [0.1, 0.15) is 0 Å². The lowest BCUT2D eigenvalue weighted by Crippen LogP contribution is -2.20. The van der Waals surface area contributed by atoms with E-state index in [2.05, 4.69) is 55.3 Å². The second kappa shape index (κ2) is 6.17. The molecule has 1 atom stereocenters. The lowest BCUT2D eigenvalue weighted by atomic mass is 10.1. The van der Waals surface area contributed by atoms with Gasteiger partial charge in [0, 0.05) is 23.6 Å². The second-order valence-electron chi connectivity index (χ2n) is 4.79. The van der Waals surface area contributed by atoms with Crippen molar-refractivity contribution in [3.05, 3.63) is 34.7 Å². The average molecular weight is 276 g/mol. The maximum absolute atomic E-state index is 5.13. The van der Waals surface area contributed by atoms with Gasteiger partial charge in [-0.25, -0.2) is 4.98 Å². The molecule has 1 N–H and O–H groups in total. The maximum atomic E-state index is 5.13. The number of thiazole rings is 1. The van der Waals surface area contributed by atoms with Gasteiger partial charge in [-0.05, 0) is 20.8 Å². The largest absolute Gasteiger partial charge is 0.383 e. The number of ether oxygens (including phenoxy) is 1. The fourth-order valence-corrected chi connectivity index (χ4v) is 2.89. The molecule has 0 fully saturated rings. The number of hydrogen-bond donors (Lipinski definition) is 1. The van der Waals surface area contributed by atoms with Crippen molar-refractivity contribution in [2.75, 3.05) is 19.0 Å². The molecule has 0 unspecified atom stereocenters. The first kappa shape index (κ1) is 14.0. The zero-order chi connectivity index (χ0) is 13.8. The monoisotopic (exact) mass is 276 g/mol. The minimum Gasteiger partial charge on any atom is -0.383 e. The molecule has 0 aliphatic heterocycles. The molecule has 0 radical (unpaired) electrons. The van der Waals surface area contributed by atoms with E-state index in [0.717, 1.165) is 10.8 Å². The predicted molar refractivity (Wildman–Crippen MR) is 82.0 cm³/mol. The summed E-state index contributed by atoms with van der Waals surface area (Å²) >= 11 is 1.69.